The van der Waals surface area contributed by atoms with Crippen molar-refractivity contribution in [2.75, 3.05) is 5.32 Å². The number of halogens is 2. The predicted molar refractivity (Wildman–Crippen MR) is 100 cm³/mol. The molecule has 3 rings (SSSR count). The summed E-state index contributed by atoms with van der Waals surface area (Å²) in [5, 5.41) is 2.77. The van der Waals surface area contributed by atoms with E-state index in [2.05, 4.69) is 5.32 Å². The fraction of sp³-hybridized carbons (Fsp3) is 0.450. The summed E-state index contributed by atoms with van der Waals surface area (Å²) in [5.41, 5.74) is -0.0700. The summed E-state index contributed by atoms with van der Waals surface area (Å²) in [7, 11) is 0. The Hall–Kier alpha value is -2.21. The van der Waals surface area contributed by atoms with Crippen molar-refractivity contribution in [3.63, 3.8) is 0 Å². The van der Waals surface area contributed by atoms with Crippen LogP contribution in [0.4, 0.5) is 10.1 Å². The average Bonchev–Trinajstić information content (AvgIpc) is 2.87. The minimum atomic E-state index is -0.978. The number of benzene rings is 1. The number of hydrogen-bond donors (Lipinski definition) is 1. The zero-order chi connectivity index (χ0) is 19.7. The molecule has 0 radical (unpaired) electrons. The van der Waals surface area contributed by atoms with Crippen LogP contribution in [0.1, 0.15) is 33.1 Å². The first-order valence-electron chi connectivity index (χ1n) is 9.07. The van der Waals surface area contributed by atoms with Gasteiger partial charge in [0.2, 0.25) is 17.7 Å². The quantitative estimate of drug-likeness (QED) is 0.612. The molecule has 1 aliphatic heterocycles. The summed E-state index contributed by atoms with van der Waals surface area (Å²) in [5.74, 6) is -2.61. The molecule has 2 aliphatic rings. The molecule has 1 aromatic rings. The molecule has 0 spiro atoms. The van der Waals surface area contributed by atoms with Crippen molar-refractivity contribution in [3.8, 4) is 0 Å². The van der Waals surface area contributed by atoms with Crippen molar-refractivity contribution in [3.05, 3.63) is 41.2 Å². The van der Waals surface area contributed by atoms with Gasteiger partial charge in [0.05, 0.1) is 17.5 Å². The largest absolute Gasteiger partial charge is 0.322 e. The molecular weight excluding hydrogens is 371 g/mol. The Bertz CT molecular complexity index is 782. The van der Waals surface area contributed by atoms with Crippen molar-refractivity contribution in [1.82, 2.24) is 4.90 Å². The lowest BCUT2D eigenvalue weighted by molar-refractivity contribution is -0.147. The van der Waals surface area contributed by atoms with Crippen molar-refractivity contribution < 1.29 is 18.8 Å². The van der Waals surface area contributed by atoms with Gasteiger partial charge in [0.15, 0.2) is 0 Å². The van der Waals surface area contributed by atoms with Crippen LogP contribution in [0.2, 0.25) is 5.02 Å². The lowest BCUT2D eigenvalue weighted by Gasteiger charge is -2.27. The van der Waals surface area contributed by atoms with Crippen LogP contribution < -0.4 is 5.32 Å². The number of allylic oxidation sites excluding steroid dienone is 2. The molecular formula is C20H22ClFN2O3. The minimum absolute atomic E-state index is 0.0614. The summed E-state index contributed by atoms with van der Waals surface area (Å²) in [6.07, 6.45) is 5.11. The van der Waals surface area contributed by atoms with Gasteiger partial charge in [-0.2, -0.15) is 0 Å². The molecule has 144 valence electrons. The number of carbonyl (C=O) groups is 3. The summed E-state index contributed by atoms with van der Waals surface area (Å²) in [6, 6.07) is 2.86. The van der Waals surface area contributed by atoms with Gasteiger partial charge in [-0.3, -0.25) is 19.3 Å². The number of nitrogens with one attached hydrogen (secondary N) is 1. The fourth-order valence-corrected chi connectivity index (χ4v) is 3.89. The first-order valence-corrected chi connectivity index (χ1v) is 9.45. The maximum absolute atomic E-state index is 14.0. The predicted octanol–water partition coefficient (Wildman–Crippen LogP) is 3.78. The van der Waals surface area contributed by atoms with E-state index in [0.29, 0.717) is 19.3 Å². The first kappa shape index (κ1) is 19.5. The molecule has 1 saturated heterocycles. The molecule has 5 nitrogen and oxygen atoms in total. The smallest absolute Gasteiger partial charge is 0.247 e. The van der Waals surface area contributed by atoms with E-state index in [1.165, 1.54) is 12.1 Å². The Kier molecular flexibility index (Phi) is 5.65. The fourth-order valence-electron chi connectivity index (χ4n) is 3.72. The van der Waals surface area contributed by atoms with Gasteiger partial charge in [0, 0.05) is 5.02 Å². The second-order valence-electron chi connectivity index (χ2n) is 7.46. The Labute approximate surface area is 162 Å². The standard InChI is InChI=1S/C20H22ClFN2O3/c1-11(2)9-17(18(25)23-16-10-12(21)7-8-15(16)22)24-19(26)13-5-3-4-6-14(13)20(24)27/h3-4,7-8,10-11,13-14,17H,5-6,9H2,1-2H3,(H,23,25). The number of anilines is 1. The van der Waals surface area contributed by atoms with Crippen molar-refractivity contribution in [2.45, 2.75) is 39.2 Å². The molecule has 3 amide bonds. The van der Waals surface area contributed by atoms with E-state index in [-0.39, 0.29) is 28.4 Å². The van der Waals surface area contributed by atoms with Crippen LogP contribution in [-0.4, -0.2) is 28.7 Å². The van der Waals surface area contributed by atoms with Crippen molar-refractivity contribution in [1.29, 1.82) is 0 Å². The highest BCUT2D eigenvalue weighted by atomic mass is 35.5. The Balaban J connectivity index is 1.87. The highest BCUT2D eigenvalue weighted by molar-refractivity contribution is 6.31. The maximum atomic E-state index is 14.0. The first-order chi connectivity index (χ1) is 12.8. The maximum Gasteiger partial charge on any atom is 0.247 e. The highest BCUT2D eigenvalue weighted by Crippen LogP contribution is 2.37. The molecule has 3 atom stereocenters. The number of fused-ring (bicyclic) bond motifs is 1. The number of hydrogen-bond acceptors (Lipinski definition) is 3. The number of likely N-dealkylation sites (tertiary alicyclic amines) is 1. The van der Waals surface area contributed by atoms with Crippen LogP contribution in [0.3, 0.4) is 0 Å². The molecule has 1 heterocycles. The van der Waals surface area contributed by atoms with Crippen LogP contribution in [0.5, 0.6) is 0 Å². The second-order valence-corrected chi connectivity index (χ2v) is 7.90. The zero-order valence-corrected chi connectivity index (χ0v) is 16.0. The van der Waals surface area contributed by atoms with Gasteiger partial charge in [0.1, 0.15) is 11.9 Å². The van der Waals surface area contributed by atoms with E-state index in [4.69, 9.17) is 11.6 Å². The molecule has 0 aromatic heterocycles. The zero-order valence-electron chi connectivity index (χ0n) is 15.2. The number of imide groups is 1. The summed E-state index contributed by atoms with van der Waals surface area (Å²) < 4.78 is 14.0. The number of nitrogens with zero attached hydrogens (tertiary/aromatic N) is 1. The van der Waals surface area contributed by atoms with Gasteiger partial charge in [0.25, 0.3) is 0 Å². The average molecular weight is 393 g/mol. The van der Waals surface area contributed by atoms with E-state index in [0.717, 1.165) is 11.0 Å². The summed E-state index contributed by atoms with van der Waals surface area (Å²) in [4.78, 5) is 39.7. The molecule has 1 N–H and O–H groups in total. The number of amides is 3. The van der Waals surface area contributed by atoms with Crippen molar-refractivity contribution in [2.24, 2.45) is 17.8 Å². The Morgan fingerprint density at radius 3 is 2.37 bits per heavy atom. The van der Waals surface area contributed by atoms with E-state index < -0.39 is 29.6 Å². The number of carbonyl (C=O) groups excluding carboxylic acids is 3. The van der Waals surface area contributed by atoms with Gasteiger partial charge in [-0.25, -0.2) is 4.39 Å². The molecule has 0 bridgehead atoms. The van der Waals surface area contributed by atoms with Gasteiger partial charge >= 0.3 is 0 Å². The monoisotopic (exact) mass is 392 g/mol. The van der Waals surface area contributed by atoms with Gasteiger partial charge < -0.3 is 5.32 Å². The van der Waals surface area contributed by atoms with E-state index in [9.17, 15) is 18.8 Å². The van der Waals surface area contributed by atoms with Crippen molar-refractivity contribution >= 4 is 35.0 Å². The van der Waals surface area contributed by atoms with Crippen LogP contribution >= 0.6 is 11.6 Å². The minimum Gasteiger partial charge on any atom is -0.322 e. The van der Waals surface area contributed by atoms with Crippen LogP contribution in [0.25, 0.3) is 0 Å². The Morgan fingerprint density at radius 2 is 1.81 bits per heavy atom. The lowest BCUT2D eigenvalue weighted by atomic mass is 9.85. The van der Waals surface area contributed by atoms with Gasteiger partial charge in [-0.05, 0) is 43.4 Å². The molecule has 27 heavy (non-hydrogen) atoms. The van der Waals surface area contributed by atoms with Gasteiger partial charge in [-0.1, -0.05) is 37.6 Å². The normalized spacial score (nSPS) is 22.9. The third kappa shape index (κ3) is 3.90. The molecule has 3 unspecified atom stereocenters. The van der Waals surface area contributed by atoms with E-state index in [1.807, 2.05) is 26.0 Å². The van der Waals surface area contributed by atoms with E-state index >= 15 is 0 Å². The topological polar surface area (TPSA) is 66.5 Å². The van der Waals surface area contributed by atoms with Crippen LogP contribution in [0, 0.1) is 23.6 Å². The summed E-state index contributed by atoms with van der Waals surface area (Å²) >= 11 is 5.88. The molecule has 0 saturated carbocycles. The molecule has 7 heteroatoms. The second kappa shape index (κ2) is 7.80. The Morgan fingerprint density at radius 1 is 1.22 bits per heavy atom. The molecule has 1 aromatic carbocycles. The van der Waals surface area contributed by atoms with E-state index in [1.54, 1.807) is 0 Å². The molecule has 1 fully saturated rings. The SMILES string of the molecule is CC(C)CC(C(=O)Nc1cc(Cl)ccc1F)N1C(=O)C2CC=CCC2C1=O. The summed E-state index contributed by atoms with van der Waals surface area (Å²) in [6.45, 7) is 3.81. The lowest BCUT2D eigenvalue weighted by Crippen LogP contribution is -2.48. The highest BCUT2D eigenvalue weighted by Gasteiger charge is 2.51. The molecule has 1 aliphatic carbocycles. The number of rotatable bonds is 5. The van der Waals surface area contributed by atoms with Crippen LogP contribution in [-0.2, 0) is 14.4 Å². The third-order valence-corrected chi connectivity index (χ3v) is 5.27. The van der Waals surface area contributed by atoms with Gasteiger partial charge in [-0.15, -0.1) is 0 Å². The van der Waals surface area contributed by atoms with Crippen LogP contribution in [0.15, 0.2) is 30.4 Å². The third-order valence-electron chi connectivity index (χ3n) is 5.04.